The van der Waals surface area contributed by atoms with Crippen LogP contribution in [0.25, 0.3) is 16.6 Å². The summed E-state index contributed by atoms with van der Waals surface area (Å²) >= 11 is 0. The second-order valence-electron chi connectivity index (χ2n) is 6.79. The number of nitrogens with one attached hydrogen (secondary N) is 1. The van der Waals surface area contributed by atoms with Crippen LogP contribution in [0.3, 0.4) is 0 Å². The zero-order valence-electron chi connectivity index (χ0n) is 15.3. The van der Waals surface area contributed by atoms with Crippen molar-refractivity contribution in [3.05, 3.63) is 60.1 Å². The Labute approximate surface area is 162 Å². The van der Waals surface area contributed by atoms with Gasteiger partial charge >= 0.3 is 0 Å². The molecule has 0 spiro atoms. The topological polar surface area (TPSA) is 99.4 Å². The van der Waals surface area contributed by atoms with E-state index in [9.17, 15) is 15.5 Å². The summed E-state index contributed by atoms with van der Waals surface area (Å²) in [6.07, 6.45) is 0. The normalized spacial score (nSPS) is 16.0. The minimum Gasteiger partial charge on any atom is -0.509 e. The zero-order chi connectivity index (χ0) is 19.5. The summed E-state index contributed by atoms with van der Waals surface area (Å²) in [5.41, 5.74) is 2.57. The number of aromatic hydroxyl groups is 1. The van der Waals surface area contributed by atoms with Crippen molar-refractivity contribution in [1.82, 2.24) is 14.9 Å². The largest absolute Gasteiger partial charge is 0.509 e. The van der Waals surface area contributed by atoms with E-state index >= 15 is 0 Å². The number of piperazine rings is 1. The van der Waals surface area contributed by atoms with Crippen molar-refractivity contribution in [2.45, 2.75) is 0 Å². The minimum absolute atomic E-state index is 0.0116. The van der Waals surface area contributed by atoms with Crippen LogP contribution in [0.5, 0.6) is 5.75 Å². The number of hydrogen-bond donors (Lipinski definition) is 3. The molecule has 0 saturated carbocycles. The first-order valence-electron chi connectivity index (χ1n) is 9.18. The van der Waals surface area contributed by atoms with Crippen molar-refractivity contribution in [1.29, 1.82) is 5.26 Å². The maximum atomic E-state index is 10.6. The summed E-state index contributed by atoms with van der Waals surface area (Å²) in [5.74, 6) is 0.668. The summed E-state index contributed by atoms with van der Waals surface area (Å²) in [6.45, 7) is 3.19. The number of aliphatic hydroxyl groups is 1. The number of aromatic amines is 1. The second-order valence-corrected chi connectivity index (χ2v) is 6.79. The summed E-state index contributed by atoms with van der Waals surface area (Å²) in [5, 5.41) is 30.1. The van der Waals surface area contributed by atoms with E-state index in [1.54, 1.807) is 12.1 Å². The van der Waals surface area contributed by atoms with Gasteiger partial charge in [-0.05, 0) is 24.3 Å². The Morgan fingerprint density at radius 2 is 1.79 bits per heavy atom. The number of H-pyrrole nitrogens is 1. The number of allylic oxidation sites excluding steroid dienone is 1. The highest BCUT2D eigenvalue weighted by atomic mass is 16.3. The molecule has 7 heteroatoms. The number of rotatable bonds is 4. The van der Waals surface area contributed by atoms with E-state index in [2.05, 4.69) is 25.8 Å². The van der Waals surface area contributed by atoms with Crippen LogP contribution in [0, 0.1) is 11.3 Å². The fourth-order valence-corrected chi connectivity index (χ4v) is 3.49. The number of hydrogen-bond acceptors (Lipinski definition) is 6. The number of nitriles is 1. The van der Waals surface area contributed by atoms with E-state index < -0.39 is 0 Å². The van der Waals surface area contributed by atoms with Gasteiger partial charge in [-0.15, -0.1) is 0 Å². The summed E-state index contributed by atoms with van der Waals surface area (Å²) in [4.78, 5) is 11.7. The summed E-state index contributed by atoms with van der Waals surface area (Å²) < 4.78 is 0. The number of phenols is 1. The third-order valence-corrected chi connectivity index (χ3v) is 4.99. The molecule has 1 saturated heterocycles. The highest BCUT2D eigenvalue weighted by Gasteiger charge is 2.21. The maximum absolute atomic E-state index is 10.6. The average Bonchev–Trinajstić information content (AvgIpc) is 3.13. The van der Waals surface area contributed by atoms with Crippen LogP contribution in [-0.2, 0) is 0 Å². The van der Waals surface area contributed by atoms with E-state index in [0.717, 1.165) is 42.9 Å². The molecular weight excluding hydrogens is 354 g/mol. The van der Waals surface area contributed by atoms with E-state index in [4.69, 9.17) is 0 Å². The molecule has 28 heavy (non-hydrogen) atoms. The van der Waals surface area contributed by atoms with Crippen LogP contribution in [0.1, 0.15) is 5.82 Å². The quantitative estimate of drug-likeness (QED) is 0.479. The molecule has 1 aromatic heterocycles. The molecule has 0 bridgehead atoms. The Kier molecular flexibility index (Phi) is 4.87. The van der Waals surface area contributed by atoms with Crippen molar-refractivity contribution in [3.8, 4) is 11.8 Å². The van der Waals surface area contributed by atoms with Gasteiger partial charge in [0.2, 0.25) is 0 Å². The molecule has 1 aliphatic heterocycles. The van der Waals surface area contributed by atoms with Crippen molar-refractivity contribution in [2.24, 2.45) is 0 Å². The van der Waals surface area contributed by atoms with Crippen LogP contribution < -0.4 is 4.90 Å². The Morgan fingerprint density at radius 3 is 2.50 bits per heavy atom. The molecule has 1 fully saturated rings. The molecule has 3 aromatic rings. The first-order valence-corrected chi connectivity index (χ1v) is 9.18. The monoisotopic (exact) mass is 375 g/mol. The van der Waals surface area contributed by atoms with E-state index in [1.807, 2.05) is 36.4 Å². The molecule has 0 radical (unpaired) electrons. The van der Waals surface area contributed by atoms with Gasteiger partial charge < -0.3 is 20.1 Å². The number of para-hydroxylation sites is 4. The number of aliphatic hydroxyl groups excluding tert-OH is 1. The number of imidazole rings is 1. The molecule has 0 unspecified atom stereocenters. The van der Waals surface area contributed by atoms with Gasteiger partial charge in [-0.2, -0.15) is 5.26 Å². The molecule has 0 aliphatic carbocycles. The lowest BCUT2D eigenvalue weighted by atomic mass is 10.2. The highest BCUT2D eigenvalue weighted by Crippen LogP contribution is 2.27. The molecule has 2 aromatic carbocycles. The van der Waals surface area contributed by atoms with Crippen molar-refractivity contribution in [3.63, 3.8) is 0 Å². The Morgan fingerprint density at radius 1 is 1.07 bits per heavy atom. The van der Waals surface area contributed by atoms with E-state index in [-0.39, 0.29) is 23.6 Å². The lowest BCUT2D eigenvalue weighted by Gasteiger charge is -2.36. The summed E-state index contributed by atoms with van der Waals surface area (Å²) in [6, 6.07) is 16.9. The molecule has 0 atom stereocenters. The number of aromatic nitrogens is 2. The Balaban J connectivity index is 1.46. The average molecular weight is 375 g/mol. The second kappa shape index (κ2) is 7.62. The third kappa shape index (κ3) is 3.50. The molecule has 3 N–H and O–H groups in total. The first-order chi connectivity index (χ1) is 13.7. The number of nitrogens with zero attached hydrogens (tertiary/aromatic N) is 4. The number of phenolic OH excluding ortho intramolecular Hbond substituents is 1. The maximum Gasteiger partial charge on any atom is 0.152 e. The lowest BCUT2D eigenvalue weighted by molar-refractivity contribution is 0.238. The molecule has 7 nitrogen and oxygen atoms in total. The van der Waals surface area contributed by atoms with Gasteiger partial charge in [0.1, 0.15) is 23.2 Å². The van der Waals surface area contributed by atoms with Crippen LogP contribution in [0.2, 0.25) is 0 Å². The Bertz CT molecular complexity index is 1020. The standard InChI is InChI=1S/C21H21N5O2/c22-13-15(21-23-16-5-1-2-6-17(16)24-21)20(28)14-25-9-11-26(12-10-25)18-7-3-4-8-19(18)27/h1-8,27-28H,9-12,14H2,(H,23,24)/b20-15-. The SMILES string of the molecule is N#C/C(=C(/O)CN1CCN(c2ccccc2O)CC1)c1nc2ccccc2[nH]1. The van der Waals surface area contributed by atoms with Crippen LogP contribution in [-0.4, -0.2) is 57.8 Å². The third-order valence-electron chi connectivity index (χ3n) is 4.99. The Hall–Kier alpha value is -3.50. The van der Waals surface area contributed by atoms with Crippen molar-refractivity contribution >= 4 is 22.3 Å². The number of benzene rings is 2. The van der Waals surface area contributed by atoms with E-state index in [0.29, 0.717) is 5.82 Å². The first kappa shape index (κ1) is 17.9. The van der Waals surface area contributed by atoms with Gasteiger partial charge in [0.15, 0.2) is 5.82 Å². The highest BCUT2D eigenvalue weighted by molar-refractivity contribution is 5.82. The van der Waals surface area contributed by atoms with Crippen LogP contribution in [0.4, 0.5) is 5.69 Å². The van der Waals surface area contributed by atoms with Crippen LogP contribution >= 0.6 is 0 Å². The number of anilines is 1. The molecule has 142 valence electrons. The zero-order valence-corrected chi connectivity index (χ0v) is 15.3. The smallest absolute Gasteiger partial charge is 0.152 e. The van der Waals surface area contributed by atoms with Gasteiger partial charge in [-0.3, -0.25) is 4.90 Å². The predicted molar refractivity (Wildman–Crippen MR) is 108 cm³/mol. The summed E-state index contributed by atoms with van der Waals surface area (Å²) in [7, 11) is 0. The minimum atomic E-state index is 0.0116. The van der Waals surface area contributed by atoms with Crippen molar-refractivity contribution < 1.29 is 10.2 Å². The fourth-order valence-electron chi connectivity index (χ4n) is 3.49. The molecule has 2 heterocycles. The molecular formula is C21H21N5O2. The fraction of sp³-hybridized carbons (Fsp3) is 0.238. The number of fused-ring (bicyclic) bond motifs is 1. The van der Waals surface area contributed by atoms with Gasteiger partial charge in [0.25, 0.3) is 0 Å². The van der Waals surface area contributed by atoms with Gasteiger partial charge in [0, 0.05) is 26.2 Å². The van der Waals surface area contributed by atoms with Gasteiger partial charge in [-0.1, -0.05) is 24.3 Å². The van der Waals surface area contributed by atoms with Crippen LogP contribution in [0.15, 0.2) is 54.3 Å². The molecule has 0 amide bonds. The molecule has 4 rings (SSSR count). The predicted octanol–water partition coefficient (Wildman–Crippen LogP) is 2.88. The van der Waals surface area contributed by atoms with Crippen molar-refractivity contribution in [2.75, 3.05) is 37.6 Å². The molecule has 1 aliphatic rings. The van der Waals surface area contributed by atoms with E-state index in [1.165, 1.54) is 0 Å². The van der Waals surface area contributed by atoms with Gasteiger partial charge in [0.05, 0.1) is 23.3 Å². The van der Waals surface area contributed by atoms with Gasteiger partial charge in [-0.25, -0.2) is 4.98 Å². The lowest BCUT2D eigenvalue weighted by Crippen LogP contribution is -2.47.